The quantitative estimate of drug-likeness (QED) is 0.173. The molecule has 0 aliphatic rings. The highest BCUT2D eigenvalue weighted by atomic mass is 14.2. The summed E-state index contributed by atoms with van der Waals surface area (Å²) >= 11 is 0. The Hall–Kier alpha value is -6.24. The molecule has 0 amide bonds. The highest BCUT2D eigenvalue weighted by Crippen LogP contribution is 2.47. The van der Waals surface area contributed by atoms with Crippen LogP contribution in [-0.2, 0) is 0 Å². The molecule has 0 aliphatic heterocycles. The van der Waals surface area contributed by atoms with Crippen LogP contribution >= 0.6 is 0 Å². The van der Waals surface area contributed by atoms with Crippen molar-refractivity contribution in [2.24, 2.45) is 0 Å². The molecule has 12 aromatic rings. The molecule has 0 atom stereocenters. The summed E-state index contributed by atoms with van der Waals surface area (Å²) in [6.07, 6.45) is 0. The molecule has 0 saturated heterocycles. The van der Waals surface area contributed by atoms with Crippen molar-refractivity contribution < 1.29 is 0 Å². The van der Waals surface area contributed by atoms with E-state index >= 15 is 0 Å². The van der Waals surface area contributed by atoms with Crippen LogP contribution in [0.3, 0.4) is 0 Å². The standard InChI is InChI=1S/C48H26/c1-4-27-10-12-32-14-20-35(39-23-16-29(6-1)43(27)45(32)39)36-22-19-34-26-42(38-9-3-8-31-18-25-40(36)48(34)47(31)38)37-21-15-33-13-11-28-5-2-7-30-17-24-41(37)46(33)44(28)30/h1-26H. The Morgan fingerprint density at radius 2 is 0.479 bits per heavy atom. The molecular weight excluding hydrogens is 577 g/mol. The Balaban J connectivity index is 1.17. The SMILES string of the molecule is c1cc2ccc3ccc(-c4cc5ccc(-c6ccc7ccc8cccc9ccc6c7c89)c6ccc7cccc4c7c56)c4ccc(c1)c2c34. The number of hydrogen-bond acceptors (Lipinski definition) is 0. The Bertz CT molecular complexity index is 3230. The van der Waals surface area contributed by atoms with Gasteiger partial charge in [0, 0.05) is 0 Å². The molecule has 0 radical (unpaired) electrons. The van der Waals surface area contributed by atoms with Gasteiger partial charge < -0.3 is 0 Å². The Labute approximate surface area is 276 Å². The van der Waals surface area contributed by atoms with Crippen LogP contribution in [0.4, 0.5) is 0 Å². The van der Waals surface area contributed by atoms with Gasteiger partial charge in [-0.25, -0.2) is 0 Å². The van der Waals surface area contributed by atoms with Gasteiger partial charge in [-0.2, -0.15) is 0 Å². The lowest BCUT2D eigenvalue weighted by atomic mass is 9.83. The molecule has 0 heterocycles. The molecule has 0 unspecified atom stereocenters. The van der Waals surface area contributed by atoms with E-state index in [0.29, 0.717) is 0 Å². The zero-order chi connectivity index (χ0) is 31.1. The summed E-state index contributed by atoms with van der Waals surface area (Å²) in [4.78, 5) is 0. The van der Waals surface area contributed by atoms with E-state index in [-0.39, 0.29) is 0 Å². The van der Waals surface area contributed by atoms with Crippen LogP contribution in [0.15, 0.2) is 158 Å². The van der Waals surface area contributed by atoms with Gasteiger partial charge in [-0.05, 0) is 125 Å². The number of rotatable bonds is 2. The van der Waals surface area contributed by atoms with Crippen molar-refractivity contribution in [1.29, 1.82) is 0 Å². The summed E-state index contributed by atoms with van der Waals surface area (Å²) in [5, 5.41) is 23.8. The van der Waals surface area contributed by atoms with E-state index in [1.807, 2.05) is 0 Å². The first-order valence-corrected chi connectivity index (χ1v) is 16.8. The van der Waals surface area contributed by atoms with Crippen molar-refractivity contribution in [1.82, 2.24) is 0 Å². The van der Waals surface area contributed by atoms with E-state index in [4.69, 9.17) is 0 Å². The third kappa shape index (κ3) is 3.06. The molecule has 0 aliphatic carbocycles. The molecular formula is C48H26. The molecule has 0 aromatic heterocycles. The van der Waals surface area contributed by atoms with E-state index in [2.05, 4.69) is 158 Å². The molecule has 0 saturated carbocycles. The Morgan fingerprint density at radius 1 is 0.188 bits per heavy atom. The fraction of sp³-hybridized carbons (Fsp3) is 0. The minimum absolute atomic E-state index is 1.29. The molecule has 0 spiro atoms. The van der Waals surface area contributed by atoms with Gasteiger partial charge in [0.1, 0.15) is 0 Å². The topological polar surface area (TPSA) is 0 Å². The van der Waals surface area contributed by atoms with Crippen LogP contribution in [0.1, 0.15) is 0 Å². The highest BCUT2D eigenvalue weighted by Gasteiger charge is 2.20. The smallest absolute Gasteiger partial charge is 0.00201 e. The van der Waals surface area contributed by atoms with Gasteiger partial charge in [-0.15, -0.1) is 0 Å². The summed E-state index contributed by atoms with van der Waals surface area (Å²) in [6, 6.07) is 59.7. The Kier molecular flexibility index (Phi) is 4.55. The molecule has 0 bridgehead atoms. The van der Waals surface area contributed by atoms with E-state index in [9.17, 15) is 0 Å². The van der Waals surface area contributed by atoms with Crippen LogP contribution in [0, 0.1) is 0 Å². The first kappa shape index (κ1) is 24.9. The van der Waals surface area contributed by atoms with E-state index in [0.717, 1.165) is 0 Å². The highest BCUT2D eigenvalue weighted by molar-refractivity contribution is 6.32. The van der Waals surface area contributed by atoms with Crippen molar-refractivity contribution in [3.63, 3.8) is 0 Å². The summed E-state index contributed by atoms with van der Waals surface area (Å²) in [5.41, 5.74) is 5.19. The average Bonchev–Trinajstić information content (AvgIpc) is 3.15. The summed E-state index contributed by atoms with van der Waals surface area (Å²) in [5.74, 6) is 0. The van der Waals surface area contributed by atoms with E-state index in [1.165, 1.54) is 119 Å². The van der Waals surface area contributed by atoms with Crippen LogP contribution in [0.5, 0.6) is 0 Å². The van der Waals surface area contributed by atoms with Gasteiger partial charge in [0.05, 0.1) is 0 Å². The van der Waals surface area contributed by atoms with Crippen LogP contribution < -0.4 is 0 Å². The van der Waals surface area contributed by atoms with Crippen molar-refractivity contribution in [2.45, 2.75) is 0 Å². The van der Waals surface area contributed by atoms with Gasteiger partial charge in [0.15, 0.2) is 0 Å². The lowest BCUT2D eigenvalue weighted by Crippen LogP contribution is -1.92. The zero-order valence-corrected chi connectivity index (χ0v) is 26.0. The first-order valence-electron chi connectivity index (χ1n) is 16.8. The van der Waals surface area contributed by atoms with Crippen molar-refractivity contribution in [2.75, 3.05) is 0 Å². The molecule has 0 heteroatoms. The molecule has 12 aromatic carbocycles. The van der Waals surface area contributed by atoms with Crippen LogP contribution in [-0.4, -0.2) is 0 Å². The second-order valence-corrected chi connectivity index (χ2v) is 13.6. The molecule has 48 heavy (non-hydrogen) atoms. The normalized spacial score (nSPS) is 12.6. The Morgan fingerprint density at radius 3 is 0.979 bits per heavy atom. The maximum absolute atomic E-state index is 2.45. The monoisotopic (exact) mass is 602 g/mol. The van der Waals surface area contributed by atoms with E-state index in [1.54, 1.807) is 0 Å². The maximum atomic E-state index is 2.45. The summed E-state index contributed by atoms with van der Waals surface area (Å²) < 4.78 is 0. The number of benzene rings is 12. The predicted octanol–water partition coefficient (Wildman–Crippen LogP) is 13.7. The fourth-order valence-electron chi connectivity index (χ4n) is 9.23. The third-order valence-corrected chi connectivity index (χ3v) is 11.3. The second kappa shape index (κ2) is 8.76. The zero-order valence-electron chi connectivity index (χ0n) is 26.0. The van der Waals surface area contributed by atoms with Crippen LogP contribution in [0.25, 0.3) is 119 Å². The van der Waals surface area contributed by atoms with Crippen molar-refractivity contribution in [3.8, 4) is 22.3 Å². The van der Waals surface area contributed by atoms with Gasteiger partial charge in [0.25, 0.3) is 0 Å². The van der Waals surface area contributed by atoms with Gasteiger partial charge in [0.2, 0.25) is 0 Å². The number of hydrogen-bond donors (Lipinski definition) is 0. The second-order valence-electron chi connectivity index (χ2n) is 13.6. The average molecular weight is 603 g/mol. The molecule has 218 valence electrons. The van der Waals surface area contributed by atoms with Crippen molar-refractivity contribution >= 4 is 97.0 Å². The first-order chi connectivity index (χ1) is 23.8. The van der Waals surface area contributed by atoms with Crippen molar-refractivity contribution in [3.05, 3.63) is 158 Å². The third-order valence-electron chi connectivity index (χ3n) is 11.3. The van der Waals surface area contributed by atoms with Gasteiger partial charge in [-0.3, -0.25) is 0 Å². The fourth-order valence-corrected chi connectivity index (χ4v) is 9.23. The summed E-state index contributed by atoms with van der Waals surface area (Å²) in [7, 11) is 0. The van der Waals surface area contributed by atoms with Gasteiger partial charge >= 0.3 is 0 Å². The predicted molar refractivity (Wildman–Crippen MR) is 208 cm³/mol. The molecule has 0 N–H and O–H groups in total. The summed E-state index contributed by atoms with van der Waals surface area (Å²) in [6.45, 7) is 0. The molecule has 0 nitrogen and oxygen atoms in total. The maximum Gasteiger partial charge on any atom is -0.00201 e. The lowest BCUT2D eigenvalue weighted by Gasteiger charge is -2.20. The lowest BCUT2D eigenvalue weighted by molar-refractivity contribution is 1.71. The van der Waals surface area contributed by atoms with E-state index < -0.39 is 0 Å². The minimum atomic E-state index is 1.29. The van der Waals surface area contributed by atoms with Crippen LogP contribution in [0.2, 0.25) is 0 Å². The molecule has 0 fully saturated rings. The van der Waals surface area contributed by atoms with Gasteiger partial charge in [-0.1, -0.05) is 152 Å². The minimum Gasteiger partial charge on any atom is -0.0610 e. The largest absolute Gasteiger partial charge is 0.0610 e. The molecule has 12 rings (SSSR count).